The van der Waals surface area contributed by atoms with Crippen molar-refractivity contribution in [1.29, 1.82) is 0 Å². The summed E-state index contributed by atoms with van der Waals surface area (Å²) >= 11 is 0. The average Bonchev–Trinajstić information content (AvgIpc) is 2.46. The molecule has 0 spiro atoms. The first kappa shape index (κ1) is 15.6. The van der Waals surface area contributed by atoms with Crippen LogP contribution in [0.4, 0.5) is 13.2 Å². The predicted octanol–water partition coefficient (Wildman–Crippen LogP) is 2.72. The third-order valence-electron chi connectivity index (χ3n) is 3.59. The van der Waals surface area contributed by atoms with Crippen LogP contribution in [0.25, 0.3) is 0 Å². The minimum absolute atomic E-state index is 0.0454. The fourth-order valence-electron chi connectivity index (χ4n) is 2.24. The van der Waals surface area contributed by atoms with Gasteiger partial charge in [0, 0.05) is 18.7 Å². The Balaban J connectivity index is 2.05. The largest absolute Gasteiger partial charge is 0.412 e. The van der Waals surface area contributed by atoms with Gasteiger partial charge < -0.3 is 10.6 Å². The lowest BCUT2D eigenvalue weighted by Gasteiger charge is -2.29. The van der Waals surface area contributed by atoms with Crippen molar-refractivity contribution >= 4 is 5.91 Å². The zero-order valence-electron chi connectivity index (χ0n) is 11.7. The number of carbonyl (C=O) groups is 1. The summed E-state index contributed by atoms with van der Waals surface area (Å²) < 4.78 is 37.6. The van der Waals surface area contributed by atoms with Crippen LogP contribution in [0, 0.1) is 6.92 Å². The van der Waals surface area contributed by atoms with Crippen molar-refractivity contribution in [1.82, 2.24) is 4.90 Å². The van der Waals surface area contributed by atoms with Gasteiger partial charge in [0.2, 0.25) is 5.91 Å². The third kappa shape index (κ3) is 3.64. The molecule has 1 heterocycles. The molecule has 0 bridgehead atoms. The van der Waals surface area contributed by atoms with Gasteiger partial charge in [-0.15, -0.1) is 0 Å². The summed E-state index contributed by atoms with van der Waals surface area (Å²) in [7, 11) is 0. The van der Waals surface area contributed by atoms with Crippen LogP contribution in [0.5, 0.6) is 0 Å². The highest BCUT2D eigenvalue weighted by Crippen LogP contribution is 2.30. The van der Waals surface area contributed by atoms with Gasteiger partial charge in [0.15, 0.2) is 0 Å². The highest BCUT2D eigenvalue weighted by atomic mass is 19.4. The molecule has 0 fully saturated rings. The van der Waals surface area contributed by atoms with Crippen LogP contribution in [0.3, 0.4) is 0 Å². The lowest BCUT2D eigenvalue weighted by Crippen LogP contribution is -2.42. The number of nitrogens with zero attached hydrogens (tertiary/aromatic N) is 1. The molecule has 1 aromatic carbocycles. The standard InChI is InChI=1S/C15H17F3N2O/c1-10-2-4-11(5-3-10)13(19)14(21)20-8-6-12(7-9-20)15(16,17)18/h2-6,13H,7-9,19H2,1H3. The zero-order chi connectivity index (χ0) is 15.6. The van der Waals surface area contributed by atoms with E-state index in [4.69, 9.17) is 5.73 Å². The fourth-order valence-corrected chi connectivity index (χ4v) is 2.24. The topological polar surface area (TPSA) is 46.3 Å². The molecular weight excluding hydrogens is 281 g/mol. The Kier molecular flexibility index (Phi) is 4.37. The van der Waals surface area contributed by atoms with Crippen molar-refractivity contribution < 1.29 is 18.0 Å². The number of nitrogens with two attached hydrogens (primary N) is 1. The second-order valence-electron chi connectivity index (χ2n) is 5.15. The van der Waals surface area contributed by atoms with Crippen LogP contribution in [0.1, 0.15) is 23.6 Å². The molecule has 1 aliphatic rings. The highest BCUT2D eigenvalue weighted by molar-refractivity contribution is 5.83. The second kappa shape index (κ2) is 5.89. The molecule has 0 saturated heterocycles. The monoisotopic (exact) mass is 298 g/mol. The van der Waals surface area contributed by atoms with Crippen molar-refractivity contribution in [3.8, 4) is 0 Å². The SMILES string of the molecule is Cc1ccc(C(N)C(=O)N2CC=C(C(F)(F)F)CC2)cc1. The number of hydrogen-bond acceptors (Lipinski definition) is 2. The predicted molar refractivity (Wildman–Crippen MR) is 73.4 cm³/mol. The molecule has 0 radical (unpaired) electrons. The van der Waals surface area contributed by atoms with Crippen LogP contribution in [0.15, 0.2) is 35.9 Å². The summed E-state index contributed by atoms with van der Waals surface area (Å²) in [6.07, 6.45) is -3.44. The van der Waals surface area contributed by atoms with E-state index in [1.165, 1.54) is 4.90 Å². The van der Waals surface area contributed by atoms with E-state index in [-0.39, 0.29) is 25.4 Å². The summed E-state index contributed by atoms with van der Waals surface area (Å²) in [6.45, 7) is 1.92. The lowest BCUT2D eigenvalue weighted by atomic mass is 10.0. The van der Waals surface area contributed by atoms with Crippen LogP contribution < -0.4 is 5.73 Å². The van der Waals surface area contributed by atoms with Crippen molar-refractivity contribution in [2.45, 2.75) is 25.6 Å². The maximum atomic E-state index is 12.5. The molecule has 0 aromatic heterocycles. The Bertz CT molecular complexity index is 549. The van der Waals surface area contributed by atoms with Crippen molar-refractivity contribution in [3.05, 3.63) is 47.0 Å². The fraction of sp³-hybridized carbons (Fsp3) is 0.400. The summed E-state index contributed by atoms with van der Waals surface area (Å²) in [5.41, 5.74) is 7.05. The Morgan fingerprint density at radius 2 is 1.90 bits per heavy atom. The first-order chi connectivity index (χ1) is 9.79. The molecule has 2 N–H and O–H groups in total. The summed E-state index contributed by atoms with van der Waals surface area (Å²) in [5.74, 6) is -0.351. The van der Waals surface area contributed by atoms with Gasteiger partial charge in [0.1, 0.15) is 6.04 Å². The van der Waals surface area contributed by atoms with E-state index in [1.807, 2.05) is 19.1 Å². The minimum atomic E-state index is -4.31. The van der Waals surface area contributed by atoms with E-state index in [2.05, 4.69) is 0 Å². The Labute approximate surface area is 121 Å². The van der Waals surface area contributed by atoms with Crippen molar-refractivity contribution in [2.24, 2.45) is 5.73 Å². The molecule has 0 aliphatic carbocycles. The normalized spacial score (nSPS) is 17.4. The molecular formula is C15H17F3N2O. The Morgan fingerprint density at radius 1 is 1.29 bits per heavy atom. The number of halogens is 3. The number of alkyl halides is 3. The van der Waals surface area contributed by atoms with Crippen LogP contribution in [-0.2, 0) is 4.79 Å². The lowest BCUT2D eigenvalue weighted by molar-refractivity contribution is -0.133. The van der Waals surface area contributed by atoms with E-state index < -0.39 is 17.8 Å². The molecule has 114 valence electrons. The van der Waals surface area contributed by atoms with Gasteiger partial charge in [-0.3, -0.25) is 4.79 Å². The first-order valence-corrected chi connectivity index (χ1v) is 6.66. The average molecular weight is 298 g/mol. The first-order valence-electron chi connectivity index (χ1n) is 6.66. The molecule has 1 aliphatic heterocycles. The van der Waals surface area contributed by atoms with Crippen LogP contribution >= 0.6 is 0 Å². The minimum Gasteiger partial charge on any atom is -0.337 e. The molecule has 0 saturated carbocycles. The van der Waals surface area contributed by atoms with Gasteiger partial charge in [-0.25, -0.2) is 0 Å². The zero-order valence-corrected chi connectivity index (χ0v) is 11.7. The Morgan fingerprint density at radius 3 is 2.38 bits per heavy atom. The number of rotatable bonds is 2. The van der Waals surface area contributed by atoms with Gasteiger partial charge >= 0.3 is 6.18 Å². The van der Waals surface area contributed by atoms with Crippen LogP contribution in [0.2, 0.25) is 0 Å². The number of benzene rings is 1. The maximum Gasteiger partial charge on any atom is 0.412 e. The van der Waals surface area contributed by atoms with Crippen molar-refractivity contribution in [3.63, 3.8) is 0 Å². The molecule has 2 rings (SSSR count). The molecule has 1 atom stereocenters. The Hall–Kier alpha value is -1.82. The second-order valence-corrected chi connectivity index (χ2v) is 5.15. The number of hydrogen-bond donors (Lipinski definition) is 1. The number of aryl methyl sites for hydroxylation is 1. The smallest absolute Gasteiger partial charge is 0.337 e. The maximum absolute atomic E-state index is 12.5. The van der Waals surface area contributed by atoms with Crippen molar-refractivity contribution in [2.75, 3.05) is 13.1 Å². The van der Waals surface area contributed by atoms with E-state index in [0.717, 1.165) is 11.6 Å². The number of carbonyl (C=O) groups excluding carboxylic acids is 1. The molecule has 1 aromatic rings. The molecule has 21 heavy (non-hydrogen) atoms. The highest BCUT2D eigenvalue weighted by Gasteiger charge is 2.36. The summed E-state index contributed by atoms with van der Waals surface area (Å²) in [5, 5.41) is 0. The van der Waals surface area contributed by atoms with E-state index in [1.54, 1.807) is 12.1 Å². The molecule has 1 unspecified atom stereocenters. The van der Waals surface area contributed by atoms with E-state index in [0.29, 0.717) is 5.56 Å². The molecule has 1 amide bonds. The van der Waals surface area contributed by atoms with E-state index in [9.17, 15) is 18.0 Å². The van der Waals surface area contributed by atoms with E-state index >= 15 is 0 Å². The van der Waals surface area contributed by atoms with Gasteiger partial charge in [0.05, 0.1) is 0 Å². The quantitative estimate of drug-likeness (QED) is 0.853. The van der Waals surface area contributed by atoms with Gasteiger partial charge in [-0.05, 0) is 18.9 Å². The summed E-state index contributed by atoms with van der Waals surface area (Å²) in [6, 6.07) is 6.38. The van der Waals surface area contributed by atoms with Gasteiger partial charge in [-0.1, -0.05) is 35.9 Å². The summed E-state index contributed by atoms with van der Waals surface area (Å²) in [4.78, 5) is 13.6. The molecule has 3 nitrogen and oxygen atoms in total. The molecule has 6 heteroatoms. The number of amides is 1. The van der Waals surface area contributed by atoms with Gasteiger partial charge in [-0.2, -0.15) is 13.2 Å². The van der Waals surface area contributed by atoms with Gasteiger partial charge in [0.25, 0.3) is 0 Å². The van der Waals surface area contributed by atoms with Crippen LogP contribution in [-0.4, -0.2) is 30.1 Å². The third-order valence-corrected chi connectivity index (χ3v) is 3.59.